The van der Waals surface area contributed by atoms with E-state index in [1.165, 1.54) is 38.5 Å². The average Bonchev–Trinajstić information content (AvgIpc) is 2.37. The van der Waals surface area contributed by atoms with E-state index in [1.807, 2.05) is 14.2 Å². The van der Waals surface area contributed by atoms with Gasteiger partial charge in [-0.25, -0.2) is 0 Å². The Hall–Kier alpha value is 0.137. The molecule has 2 nitrogen and oxygen atoms in total. The molecule has 0 saturated carbocycles. The van der Waals surface area contributed by atoms with Crippen molar-refractivity contribution >= 4 is 8.56 Å². The molecule has 0 amide bonds. The molecule has 0 aromatic carbocycles. The molecule has 0 aromatic rings. The van der Waals surface area contributed by atoms with Gasteiger partial charge in [-0.05, 0) is 23.9 Å². The number of hydrogen-bond acceptors (Lipinski definition) is 2. The van der Waals surface area contributed by atoms with Gasteiger partial charge in [0.2, 0.25) is 0 Å². The predicted molar refractivity (Wildman–Crippen MR) is 86.8 cm³/mol. The molecular formula is C16H36O2Si. The molecule has 0 rings (SSSR count). The van der Waals surface area contributed by atoms with Crippen LogP contribution in [-0.2, 0) is 8.85 Å². The summed E-state index contributed by atoms with van der Waals surface area (Å²) in [6.07, 6.45) is 7.79. The van der Waals surface area contributed by atoms with Crippen LogP contribution in [0.25, 0.3) is 0 Å². The lowest BCUT2D eigenvalue weighted by molar-refractivity contribution is 0.238. The Morgan fingerprint density at radius 2 is 1.05 bits per heavy atom. The molecule has 0 saturated heterocycles. The molecule has 0 heterocycles. The fraction of sp³-hybridized carbons (Fsp3) is 1.00. The van der Waals surface area contributed by atoms with Gasteiger partial charge in [-0.2, -0.15) is 0 Å². The van der Waals surface area contributed by atoms with Crippen LogP contribution >= 0.6 is 0 Å². The monoisotopic (exact) mass is 288 g/mol. The molecule has 0 radical (unpaired) electrons. The van der Waals surface area contributed by atoms with Gasteiger partial charge >= 0.3 is 8.56 Å². The van der Waals surface area contributed by atoms with Crippen LogP contribution in [0, 0.1) is 11.8 Å². The number of hydrogen-bond donors (Lipinski definition) is 0. The highest BCUT2D eigenvalue weighted by atomic mass is 28.4. The molecule has 0 aliphatic rings. The van der Waals surface area contributed by atoms with E-state index in [9.17, 15) is 0 Å². The van der Waals surface area contributed by atoms with Crippen molar-refractivity contribution in [1.82, 2.24) is 0 Å². The second-order valence-electron chi connectivity index (χ2n) is 6.60. The van der Waals surface area contributed by atoms with Gasteiger partial charge in [0.15, 0.2) is 0 Å². The molecule has 0 aliphatic heterocycles. The van der Waals surface area contributed by atoms with Crippen LogP contribution in [-0.4, -0.2) is 22.8 Å². The lowest BCUT2D eigenvalue weighted by Crippen LogP contribution is -2.39. The van der Waals surface area contributed by atoms with E-state index < -0.39 is 8.56 Å². The Morgan fingerprint density at radius 3 is 1.32 bits per heavy atom. The van der Waals surface area contributed by atoms with Gasteiger partial charge in [-0.3, -0.25) is 0 Å². The molecule has 0 atom stereocenters. The van der Waals surface area contributed by atoms with Crippen molar-refractivity contribution in [2.45, 2.75) is 78.3 Å². The Labute approximate surface area is 122 Å². The Balaban J connectivity index is 3.96. The highest BCUT2D eigenvalue weighted by Crippen LogP contribution is 2.25. The summed E-state index contributed by atoms with van der Waals surface area (Å²) in [5.41, 5.74) is 0. The summed E-state index contributed by atoms with van der Waals surface area (Å²) in [6.45, 7) is 9.18. The molecule has 0 aromatic heterocycles. The van der Waals surface area contributed by atoms with Crippen molar-refractivity contribution in [1.29, 1.82) is 0 Å². The minimum Gasteiger partial charge on any atom is -0.398 e. The fourth-order valence-corrected chi connectivity index (χ4v) is 5.32. The van der Waals surface area contributed by atoms with Crippen LogP contribution in [0.2, 0.25) is 12.1 Å². The third kappa shape index (κ3) is 9.64. The second-order valence-corrected chi connectivity index (χ2v) is 10.2. The van der Waals surface area contributed by atoms with Crippen LogP contribution < -0.4 is 0 Å². The molecule has 0 N–H and O–H groups in total. The quantitative estimate of drug-likeness (QED) is 0.355. The summed E-state index contributed by atoms with van der Waals surface area (Å²) in [7, 11) is 1.81. The molecule has 0 aliphatic carbocycles. The Bertz CT molecular complexity index is 183. The Kier molecular flexibility index (Phi) is 10.9. The first-order valence-corrected chi connectivity index (χ1v) is 10.3. The van der Waals surface area contributed by atoms with Crippen LogP contribution in [0.5, 0.6) is 0 Å². The molecule has 0 unspecified atom stereocenters. The molecule has 0 fully saturated rings. The van der Waals surface area contributed by atoms with E-state index in [-0.39, 0.29) is 0 Å². The van der Waals surface area contributed by atoms with Crippen LogP contribution in [0.4, 0.5) is 0 Å². The SMILES string of the molecule is CO[Si](CCCCC(C)C)(CCCCC(C)C)OC. The van der Waals surface area contributed by atoms with Crippen LogP contribution in [0.15, 0.2) is 0 Å². The summed E-state index contributed by atoms with van der Waals surface area (Å²) in [6, 6.07) is 2.32. The van der Waals surface area contributed by atoms with Gasteiger partial charge in [0.1, 0.15) is 0 Å². The van der Waals surface area contributed by atoms with Crippen molar-refractivity contribution in [2.24, 2.45) is 11.8 Å². The molecular weight excluding hydrogens is 252 g/mol. The van der Waals surface area contributed by atoms with Gasteiger partial charge in [0.05, 0.1) is 0 Å². The van der Waals surface area contributed by atoms with Crippen LogP contribution in [0.3, 0.4) is 0 Å². The highest BCUT2D eigenvalue weighted by Gasteiger charge is 2.33. The topological polar surface area (TPSA) is 18.5 Å². The molecule has 0 spiro atoms. The largest absolute Gasteiger partial charge is 0.398 e. The normalized spacial score (nSPS) is 12.6. The number of unbranched alkanes of at least 4 members (excludes halogenated alkanes) is 2. The predicted octanol–water partition coefficient (Wildman–Crippen LogP) is 5.37. The van der Waals surface area contributed by atoms with E-state index >= 15 is 0 Å². The van der Waals surface area contributed by atoms with Crippen molar-refractivity contribution in [3.63, 3.8) is 0 Å². The van der Waals surface area contributed by atoms with E-state index in [0.717, 1.165) is 23.9 Å². The van der Waals surface area contributed by atoms with Crippen molar-refractivity contribution in [3.05, 3.63) is 0 Å². The first-order chi connectivity index (χ1) is 8.95. The second kappa shape index (κ2) is 10.9. The van der Waals surface area contributed by atoms with Gasteiger partial charge in [0.25, 0.3) is 0 Å². The van der Waals surface area contributed by atoms with E-state index in [2.05, 4.69) is 27.7 Å². The summed E-state index contributed by atoms with van der Waals surface area (Å²) < 4.78 is 11.6. The summed E-state index contributed by atoms with van der Waals surface area (Å²) in [4.78, 5) is 0. The van der Waals surface area contributed by atoms with Gasteiger partial charge in [-0.15, -0.1) is 0 Å². The zero-order valence-electron chi connectivity index (χ0n) is 14.1. The lowest BCUT2D eigenvalue weighted by atomic mass is 10.1. The summed E-state index contributed by atoms with van der Waals surface area (Å²) in [5.74, 6) is 1.62. The first-order valence-electron chi connectivity index (χ1n) is 8.06. The maximum atomic E-state index is 5.82. The standard InChI is InChI=1S/C16H36O2Si/c1-15(2)11-7-9-13-19(17-5,18-6)14-10-8-12-16(3)4/h15-16H,7-14H2,1-6H3. The Morgan fingerprint density at radius 1 is 0.684 bits per heavy atom. The smallest absolute Gasteiger partial charge is 0.337 e. The zero-order chi connectivity index (χ0) is 14.7. The maximum Gasteiger partial charge on any atom is 0.337 e. The molecule has 116 valence electrons. The zero-order valence-corrected chi connectivity index (χ0v) is 15.1. The van der Waals surface area contributed by atoms with Gasteiger partial charge in [-0.1, -0.05) is 66.2 Å². The van der Waals surface area contributed by atoms with Gasteiger partial charge in [0, 0.05) is 14.2 Å². The minimum absolute atomic E-state index is 0.812. The highest BCUT2D eigenvalue weighted by molar-refractivity contribution is 6.67. The van der Waals surface area contributed by atoms with Crippen molar-refractivity contribution in [2.75, 3.05) is 14.2 Å². The summed E-state index contributed by atoms with van der Waals surface area (Å²) >= 11 is 0. The third-order valence-electron chi connectivity index (χ3n) is 3.92. The summed E-state index contributed by atoms with van der Waals surface area (Å²) in [5, 5.41) is 0. The molecule has 3 heteroatoms. The average molecular weight is 289 g/mol. The first kappa shape index (κ1) is 19.1. The number of rotatable bonds is 12. The van der Waals surface area contributed by atoms with E-state index in [1.54, 1.807) is 0 Å². The molecule has 19 heavy (non-hydrogen) atoms. The fourth-order valence-electron chi connectivity index (χ4n) is 2.51. The lowest BCUT2D eigenvalue weighted by Gasteiger charge is -2.27. The van der Waals surface area contributed by atoms with Gasteiger partial charge < -0.3 is 8.85 Å². The van der Waals surface area contributed by atoms with E-state index in [4.69, 9.17) is 8.85 Å². The molecule has 0 bridgehead atoms. The minimum atomic E-state index is -1.89. The van der Waals surface area contributed by atoms with E-state index in [0.29, 0.717) is 0 Å². The van der Waals surface area contributed by atoms with Crippen molar-refractivity contribution < 1.29 is 8.85 Å². The maximum absolute atomic E-state index is 5.82. The third-order valence-corrected chi connectivity index (χ3v) is 7.64. The van der Waals surface area contributed by atoms with Crippen molar-refractivity contribution in [3.8, 4) is 0 Å². The van der Waals surface area contributed by atoms with Crippen LogP contribution in [0.1, 0.15) is 66.2 Å².